The van der Waals surface area contributed by atoms with Crippen molar-refractivity contribution in [1.29, 1.82) is 0 Å². The van der Waals surface area contributed by atoms with Gasteiger partial charge in [-0.15, -0.1) is 0 Å². The van der Waals surface area contributed by atoms with E-state index < -0.39 is 0 Å². The van der Waals surface area contributed by atoms with Gasteiger partial charge in [-0.25, -0.2) is 4.98 Å². The first-order valence-electron chi connectivity index (χ1n) is 12.0. The van der Waals surface area contributed by atoms with Crippen molar-refractivity contribution in [3.05, 3.63) is 59.9 Å². The number of allylic oxidation sites excluding steroid dienone is 1. The van der Waals surface area contributed by atoms with Crippen LogP contribution in [0.15, 0.2) is 48.5 Å². The van der Waals surface area contributed by atoms with Crippen molar-refractivity contribution in [2.45, 2.75) is 32.7 Å². The Morgan fingerprint density at radius 3 is 2.70 bits per heavy atom. The predicted molar refractivity (Wildman–Crippen MR) is 133 cm³/mol. The molecule has 1 aliphatic rings. The van der Waals surface area contributed by atoms with Gasteiger partial charge in [0.15, 0.2) is 11.5 Å². The first-order valence-corrected chi connectivity index (χ1v) is 12.0. The summed E-state index contributed by atoms with van der Waals surface area (Å²) in [5.74, 6) is 2.72. The Hall–Kier alpha value is -2.83. The van der Waals surface area contributed by atoms with Crippen LogP contribution in [-0.2, 0) is 17.7 Å². The molecule has 0 amide bonds. The van der Waals surface area contributed by atoms with Gasteiger partial charge in [0.05, 0.1) is 38.0 Å². The van der Waals surface area contributed by atoms with Crippen molar-refractivity contribution in [3.63, 3.8) is 0 Å². The second kappa shape index (κ2) is 11.9. The molecule has 0 unspecified atom stereocenters. The van der Waals surface area contributed by atoms with E-state index >= 15 is 0 Å². The summed E-state index contributed by atoms with van der Waals surface area (Å²) in [4.78, 5) is 7.42. The molecule has 6 heteroatoms. The van der Waals surface area contributed by atoms with Gasteiger partial charge in [-0.3, -0.25) is 4.90 Å². The van der Waals surface area contributed by atoms with Gasteiger partial charge in [-0.2, -0.15) is 0 Å². The Kier molecular flexibility index (Phi) is 8.39. The minimum Gasteiger partial charge on any atom is -0.493 e. The molecule has 0 saturated carbocycles. The Balaban J connectivity index is 1.36. The van der Waals surface area contributed by atoms with E-state index in [1.165, 1.54) is 5.52 Å². The van der Waals surface area contributed by atoms with E-state index in [9.17, 15) is 0 Å². The van der Waals surface area contributed by atoms with E-state index in [0.29, 0.717) is 6.61 Å². The highest BCUT2D eigenvalue weighted by Gasteiger charge is 2.13. The minimum absolute atomic E-state index is 0.624. The third kappa shape index (κ3) is 6.15. The molecule has 2 aromatic carbocycles. The molecule has 1 saturated heterocycles. The largest absolute Gasteiger partial charge is 0.493 e. The van der Waals surface area contributed by atoms with Gasteiger partial charge in [0.2, 0.25) is 0 Å². The van der Waals surface area contributed by atoms with Gasteiger partial charge in [0, 0.05) is 26.1 Å². The SMILES string of the molecule is C/C=C/c1ccc(OCCCn2c(CCCN3CCOCC3)nc3ccccc32)c(OC)c1. The van der Waals surface area contributed by atoms with Crippen molar-refractivity contribution in [1.82, 2.24) is 14.5 Å². The summed E-state index contributed by atoms with van der Waals surface area (Å²) in [7, 11) is 1.68. The molecule has 0 spiro atoms. The third-order valence-electron chi connectivity index (χ3n) is 6.04. The molecule has 0 N–H and O–H groups in total. The number of fused-ring (bicyclic) bond motifs is 1. The number of imidazole rings is 1. The van der Waals surface area contributed by atoms with Crippen molar-refractivity contribution >= 4 is 17.1 Å². The molecule has 3 aromatic rings. The van der Waals surface area contributed by atoms with Gasteiger partial charge < -0.3 is 18.8 Å². The van der Waals surface area contributed by atoms with Crippen molar-refractivity contribution in [3.8, 4) is 11.5 Å². The van der Waals surface area contributed by atoms with Crippen LogP contribution >= 0.6 is 0 Å². The Bertz CT molecular complexity index is 1050. The molecule has 0 radical (unpaired) electrons. The van der Waals surface area contributed by atoms with Crippen LogP contribution in [0.3, 0.4) is 0 Å². The van der Waals surface area contributed by atoms with Gasteiger partial charge in [-0.1, -0.05) is 30.4 Å². The smallest absolute Gasteiger partial charge is 0.161 e. The molecule has 1 fully saturated rings. The number of ether oxygens (including phenoxy) is 3. The molecular weight excluding hydrogens is 414 g/mol. The van der Waals surface area contributed by atoms with Crippen LogP contribution in [0.1, 0.15) is 31.2 Å². The number of benzene rings is 2. The Labute approximate surface area is 196 Å². The lowest BCUT2D eigenvalue weighted by Crippen LogP contribution is -2.37. The molecule has 4 rings (SSSR count). The Morgan fingerprint density at radius 1 is 1.03 bits per heavy atom. The molecule has 176 valence electrons. The van der Waals surface area contributed by atoms with Crippen molar-refractivity contribution in [2.24, 2.45) is 0 Å². The van der Waals surface area contributed by atoms with Crippen LogP contribution in [0.5, 0.6) is 11.5 Å². The standard InChI is InChI=1S/C27H35N3O3/c1-3-8-22-12-13-25(26(21-22)31-2)33-18-7-15-30-24-10-5-4-9-23(24)28-27(30)11-6-14-29-16-19-32-20-17-29/h3-5,8-10,12-13,21H,6-7,11,14-20H2,1-2H3/b8-3+. The fourth-order valence-corrected chi connectivity index (χ4v) is 4.36. The zero-order valence-corrected chi connectivity index (χ0v) is 19.8. The first kappa shape index (κ1) is 23.3. The van der Waals surface area contributed by atoms with E-state index in [2.05, 4.69) is 39.8 Å². The fourth-order valence-electron chi connectivity index (χ4n) is 4.36. The molecule has 0 aliphatic carbocycles. The zero-order valence-electron chi connectivity index (χ0n) is 19.8. The first-order chi connectivity index (χ1) is 16.3. The highest BCUT2D eigenvalue weighted by Crippen LogP contribution is 2.29. The summed E-state index contributed by atoms with van der Waals surface area (Å²) >= 11 is 0. The molecule has 0 bridgehead atoms. The molecule has 0 atom stereocenters. The summed E-state index contributed by atoms with van der Waals surface area (Å²) in [6.07, 6.45) is 7.06. The number of methoxy groups -OCH3 is 1. The number of aryl methyl sites for hydroxylation is 2. The number of hydrogen-bond donors (Lipinski definition) is 0. The van der Waals surface area contributed by atoms with Crippen LogP contribution in [0.25, 0.3) is 17.1 Å². The highest BCUT2D eigenvalue weighted by molar-refractivity contribution is 5.75. The molecular formula is C27H35N3O3. The number of para-hydroxylation sites is 2. The monoisotopic (exact) mass is 449 g/mol. The van der Waals surface area contributed by atoms with Crippen LogP contribution in [0.4, 0.5) is 0 Å². The quantitative estimate of drug-likeness (QED) is 0.393. The van der Waals surface area contributed by atoms with E-state index in [1.807, 2.05) is 31.2 Å². The average molecular weight is 450 g/mol. The number of rotatable bonds is 11. The maximum Gasteiger partial charge on any atom is 0.161 e. The van der Waals surface area contributed by atoms with Crippen LogP contribution in [0.2, 0.25) is 0 Å². The molecule has 6 nitrogen and oxygen atoms in total. The maximum atomic E-state index is 6.07. The number of nitrogens with zero attached hydrogens (tertiary/aromatic N) is 3. The second-order valence-electron chi connectivity index (χ2n) is 8.34. The highest BCUT2D eigenvalue weighted by atomic mass is 16.5. The van der Waals surface area contributed by atoms with Crippen LogP contribution < -0.4 is 9.47 Å². The number of hydrogen-bond acceptors (Lipinski definition) is 5. The van der Waals surface area contributed by atoms with Crippen LogP contribution in [-0.4, -0.2) is 61.0 Å². The van der Waals surface area contributed by atoms with Crippen molar-refractivity contribution in [2.75, 3.05) is 46.6 Å². The number of aromatic nitrogens is 2. The van der Waals surface area contributed by atoms with Gasteiger partial charge in [0.25, 0.3) is 0 Å². The average Bonchev–Trinajstić information content (AvgIpc) is 3.20. The van der Waals surface area contributed by atoms with Gasteiger partial charge in [0.1, 0.15) is 5.82 Å². The molecule has 1 aliphatic heterocycles. The fraction of sp³-hybridized carbons (Fsp3) is 0.444. The summed E-state index contributed by atoms with van der Waals surface area (Å²) in [6.45, 7) is 8.38. The summed E-state index contributed by atoms with van der Waals surface area (Å²) in [5, 5.41) is 0. The van der Waals surface area contributed by atoms with Crippen LogP contribution in [0, 0.1) is 0 Å². The predicted octanol–water partition coefficient (Wildman–Crippen LogP) is 4.81. The Morgan fingerprint density at radius 2 is 1.88 bits per heavy atom. The number of morpholine rings is 1. The summed E-state index contributed by atoms with van der Waals surface area (Å²) in [6, 6.07) is 14.5. The zero-order chi connectivity index (χ0) is 22.9. The van der Waals surface area contributed by atoms with E-state index in [4.69, 9.17) is 19.2 Å². The normalized spacial score (nSPS) is 14.8. The van der Waals surface area contributed by atoms with Crippen molar-refractivity contribution < 1.29 is 14.2 Å². The summed E-state index contributed by atoms with van der Waals surface area (Å²) < 4.78 is 19.4. The molecule has 1 aromatic heterocycles. The lowest BCUT2D eigenvalue weighted by Gasteiger charge is -2.26. The van der Waals surface area contributed by atoms with Gasteiger partial charge in [-0.05, 0) is 56.1 Å². The van der Waals surface area contributed by atoms with E-state index in [0.717, 1.165) is 87.1 Å². The lowest BCUT2D eigenvalue weighted by molar-refractivity contribution is 0.0374. The minimum atomic E-state index is 0.624. The topological polar surface area (TPSA) is 48.8 Å². The summed E-state index contributed by atoms with van der Waals surface area (Å²) in [5.41, 5.74) is 3.38. The van der Waals surface area contributed by atoms with Gasteiger partial charge >= 0.3 is 0 Å². The van der Waals surface area contributed by atoms with E-state index in [-0.39, 0.29) is 0 Å². The molecule has 2 heterocycles. The van der Waals surface area contributed by atoms with E-state index in [1.54, 1.807) is 7.11 Å². The molecule has 33 heavy (non-hydrogen) atoms. The maximum absolute atomic E-state index is 6.07. The second-order valence-corrected chi connectivity index (χ2v) is 8.34. The lowest BCUT2D eigenvalue weighted by atomic mass is 10.2. The third-order valence-corrected chi connectivity index (χ3v) is 6.04.